The van der Waals surface area contributed by atoms with E-state index < -0.39 is 0 Å². The number of hydrogen-bond donors (Lipinski definition) is 0. The molecule has 2 fully saturated rings. The summed E-state index contributed by atoms with van der Waals surface area (Å²) in [4.78, 5) is 0. The molecule has 17 rings (SSSR count). The topological polar surface area (TPSA) is 18.5 Å². The SMILES string of the molecule is COc1cc(C)c(OC)cc1C.Cc1ccc2c(c1)C(C1CCCCC1)(C1CCCCC1)c1cc(C)ccc1-2.Cc1ccc2c(c1)C(c1ccccc1)(c1ccccc1)c1cc(C)ccc1-2.Cc1ccc2c(c1)C1(c3ccccc3-c3ccccc31)c1cc(C)ccc1-2. The predicted molar refractivity (Wildman–Crippen MR) is 390 cm³/mol. The first-order valence-corrected chi connectivity index (χ1v) is 34.5. The summed E-state index contributed by atoms with van der Waals surface area (Å²) >= 11 is 0. The van der Waals surface area contributed by atoms with Crippen LogP contribution in [0.4, 0.5) is 0 Å². The van der Waals surface area contributed by atoms with E-state index in [-0.39, 0.29) is 16.2 Å². The highest BCUT2D eigenvalue weighted by Crippen LogP contribution is 2.65. The minimum Gasteiger partial charge on any atom is -0.496 e. The standard InChI is InChI=1S/C27H20.C27H34.C27H22.C10H14O2/c1-17-11-13-21-22-14-12-18(2)16-26(22)27(25(21)15-17)23-9-5-3-7-19(23)20-8-4-6-10-24(20)27;2*1-19-13-15-23-24-16-14-20(2)18-26(24)27(25(23)17-19,21-9-5-3-6-10-21)22-11-7-4-8-12-22;1-7-5-10(12-4)8(2)6-9(7)11-3/h3-16H,1-2H3;13-18,21-22H,3-12H2,1-2H3;3-18H,1-2H3;5-6H,1-4H3. The fourth-order valence-corrected chi connectivity index (χ4v) is 18.2. The highest BCUT2D eigenvalue weighted by molar-refractivity contribution is 5.95. The van der Waals surface area contributed by atoms with E-state index in [1.54, 1.807) is 36.5 Å². The van der Waals surface area contributed by atoms with Gasteiger partial charge in [0.25, 0.3) is 0 Å². The second-order valence-corrected chi connectivity index (χ2v) is 27.9. The van der Waals surface area contributed by atoms with Gasteiger partial charge in [-0.25, -0.2) is 0 Å². The van der Waals surface area contributed by atoms with Crippen LogP contribution in [0.3, 0.4) is 0 Å². The van der Waals surface area contributed by atoms with E-state index in [9.17, 15) is 0 Å². The molecule has 0 N–H and O–H groups in total. The molecule has 6 aliphatic carbocycles. The first kappa shape index (κ1) is 61.5. The van der Waals surface area contributed by atoms with Crippen molar-refractivity contribution >= 4 is 0 Å². The van der Waals surface area contributed by atoms with E-state index in [4.69, 9.17) is 9.47 Å². The zero-order chi connectivity index (χ0) is 64.2. The van der Waals surface area contributed by atoms with Crippen molar-refractivity contribution < 1.29 is 9.47 Å². The largest absolute Gasteiger partial charge is 0.496 e. The van der Waals surface area contributed by atoms with E-state index in [0.29, 0.717) is 0 Å². The van der Waals surface area contributed by atoms with Crippen molar-refractivity contribution in [2.75, 3.05) is 14.2 Å². The Morgan fingerprint density at radius 3 is 0.849 bits per heavy atom. The first-order chi connectivity index (χ1) is 45.3. The molecule has 6 aliphatic rings. The Morgan fingerprint density at radius 1 is 0.258 bits per heavy atom. The average Bonchev–Trinajstić information content (AvgIpc) is 1.52. The Balaban J connectivity index is 0.000000111. The molecule has 466 valence electrons. The third-order valence-electron chi connectivity index (χ3n) is 22.2. The predicted octanol–water partition coefficient (Wildman–Crippen LogP) is 23.4. The van der Waals surface area contributed by atoms with Crippen molar-refractivity contribution in [3.05, 3.63) is 331 Å². The smallest absolute Gasteiger partial charge is 0.122 e. The monoisotopic (exact) mass is 1210 g/mol. The van der Waals surface area contributed by atoms with Gasteiger partial charge in [0.05, 0.1) is 25.0 Å². The molecule has 11 aromatic rings. The summed E-state index contributed by atoms with van der Waals surface area (Å²) in [5.41, 5.74) is 35.9. The van der Waals surface area contributed by atoms with Crippen LogP contribution in [0.2, 0.25) is 0 Å². The minimum atomic E-state index is -0.273. The third-order valence-corrected chi connectivity index (χ3v) is 22.2. The molecule has 0 saturated heterocycles. The zero-order valence-corrected chi connectivity index (χ0v) is 56.5. The Bertz CT molecular complexity index is 4190. The summed E-state index contributed by atoms with van der Waals surface area (Å²) in [7, 11) is 3.35. The molecule has 0 aliphatic heterocycles. The highest BCUT2D eigenvalue weighted by atomic mass is 16.5. The molecule has 1 spiro atoms. The van der Waals surface area contributed by atoms with Crippen LogP contribution >= 0.6 is 0 Å². The third kappa shape index (κ3) is 10.2. The van der Waals surface area contributed by atoms with Crippen LogP contribution < -0.4 is 9.47 Å². The van der Waals surface area contributed by atoms with E-state index in [1.165, 1.54) is 175 Å². The first-order valence-electron chi connectivity index (χ1n) is 34.5. The summed E-state index contributed by atoms with van der Waals surface area (Å²) in [5, 5.41) is 0. The number of rotatable bonds is 6. The summed E-state index contributed by atoms with van der Waals surface area (Å²) in [6.07, 6.45) is 14.3. The molecule has 2 nitrogen and oxygen atoms in total. The molecule has 0 bridgehead atoms. The van der Waals surface area contributed by atoms with Crippen molar-refractivity contribution in [2.24, 2.45) is 11.8 Å². The fourth-order valence-electron chi connectivity index (χ4n) is 18.2. The molecule has 11 aromatic carbocycles. The van der Waals surface area contributed by atoms with E-state index in [2.05, 4.69) is 260 Å². The van der Waals surface area contributed by atoms with E-state index in [0.717, 1.165) is 34.5 Å². The molecule has 0 radical (unpaired) electrons. The number of benzene rings is 11. The highest BCUT2D eigenvalue weighted by Gasteiger charge is 2.54. The number of fused-ring (bicyclic) bond motifs is 16. The molecule has 2 saturated carbocycles. The van der Waals surface area contributed by atoms with Crippen LogP contribution in [0.25, 0.3) is 44.5 Å². The van der Waals surface area contributed by atoms with Gasteiger partial charge < -0.3 is 9.47 Å². The molecule has 0 heterocycles. The summed E-state index contributed by atoms with van der Waals surface area (Å²) in [5.74, 6) is 3.48. The summed E-state index contributed by atoms with van der Waals surface area (Å²) < 4.78 is 10.3. The minimum absolute atomic E-state index is 0.199. The van der Waals surface area contributed by atoms with Gasteiger partial charge in [0.2, 0.25) is 0 Å². The average molecular weight is 1220 g/mol. The second kappa shape index (κ2) is 25.1. The van der Waals surface area contributed by atoms with Crippen LogP contribution in [0.1, 0.15) is 164 Å². The maximum Gasteiger partial charge on any atom is 0.122 e. The number of hydrogen-bond acceptors (Lipinski definition) is 2. The van der Waals surface area contributed by atoms with Crippen molar-refractivity contribution in [1.29, 1.82) is 0 Å². The molecule has 0 amide bonds. The molecular formula is C91H90O2. The van der Waals surface area contributed by atoms with Gasteiger partial charge in [-0.2, -0.15) is 0 Å². The molecule has 0 unspecified atom stereocenters. The Hall–Kier alpha value is -8.98. The van der Waals surface area contributed by atoms with Crippen molar-refractivity contribution in [2.45, 2.75) is 136 Å². The second-order valence-electron chi connectivity index (χ2n) is 27.9. The maximum absolute atomic E-state index is 5.17. The summed E-state index contributed by atoms with van der Waals surface area (Å²) in [6, 6.07) is 86.3. The summed E-state index contributed by atoms with van der Waals surface area (Å²) in [6.45, 7) is 17.4. The van der Waals surface area contributed by atoms with Crippen molar-refractivity contribution in [3.8, 4) is 56.0 Å². The lowest BCUT2D eigenvalue weighted by molar-refractivity contribution is 0.137. The quantitative estimate of drug-likeness (QED) is 0.165. The lowest BCUT2D eigenvalue weighted by atomic mass is 9.54. The van der Waals surface area contributed by atoms with Gasteiger partial charge >= 0.3 is 0 Å². The Labute approximate surface area is 554 Å². The van der Waals surface area contributed by atoms with Crippen LogP contribution in [-0.2, 0) is 16.2 Å². The van der Waals surface area contributed by atoms with Gasteiger partial charge in [0.15, 0.2) is 0 Å². The van der Waals surface area contributed by atoms with Crippen LogP contribution in [0.15, 0.2) is 231 Å². The van der Waals surface area contributed by atoms with Gasteiger partial charge in [-0.1, -0.05) is 290 Å². The molecule has 93 heavy (non-hydrogen) atoms. The Morgan fingerprint density at radius 2 is 0.527 bits per heavy atom. The molecule has 2 heteroatoms. The Kier molecular flexibility index (Phi) is 16.6. The normalized spacial score (nSPS) is 16.0. The maximum atomic E-state index is 5.17. The molecule has 0 atom stereocenters. The van der Waals surface area contributed by atoms with E-state index >= 15 is 0 Å². The van der Waals surface area contributed by atoms with Gasteiger partial charge in [-0.3, -0.25) is 0 Å². The zero-order valence-electron chi connectivity index (χ0n) is 56.5. The van der Waals surface area contributed by atoms with Crippen LogP contribution in [0, 0.1) is 67.2 Å². The number of ether oxygens (including phenoxy) is 2. The van der Waals surface area contributed by atoms with Crippen LogP contribution in [0.5, 0.6) is 11.5 Å². The van der Waals surface area contributed by atoms with Gasteiger partial charge in [0, 0.05) is 5.41 Å². The lowest BCUT2D eigenvalue weighted by Crippen LogP contribution is -2.44. The van der Waals surface area contributed by atoms with E-state index in [1.807, 2.05) is 26.0 Å². The fraction of sp³-hybridized carbons (Fsp3) is 0.275. The van der Waals surface area contributed by atoms with Gasteiger partial charge in [0.1, 0.15) is 11.5 Å². The molecule has 0 aromatic heterocycles. The molecular weight excluding hydrogens is 1120 g/mol. The van der Waals surface area contributed by atoms with Gasteiger partial charge in [-0.05, 0) is 216 Å². The van der Waals surface area contributed by atoms with Gasteiger partial charge in [-0.15, -0.1) is 0 Å². The van der Waals surface area contributed by atoms with Crippen LogP contribution in [-0.4, -0.2) is 14.2 Å². The number of methoxy groups -OCH3 is 2. The number of aryl methyl sites for hydroxylation is 8. The van der Waals surface area contributed by atoms with Crippen molar-refractivity contribution in [1.82, 2.24) is 0 Å². The van der Waals surface area contributed by atoms with Crippen molar-refractivity contribution in [3.63, 3.8) is 0 Å². The lowest BCUT2D eigenvalue weighted by Gasteiger charge is -2.49.